The van der Waals surface area contributed by atoms with Crippen molar-refractivity contribution in [3.05, 3.63) is 35.0 Å². The molecule has 31 heavy (non-hydrogen) atoms. The number of ether oxygens (including phenoxy) is 3. The topological polar surface area (TPSA) is 95.7 Å². The quantitative estimate of drug-likeness (QED) is 0.567. The van der Waals surface area contributed by atoms with E-state index in [-0.39, 0.29) is 12.6 Å². The Morgan fingerprint density at radius 1 is 1.32 bits per heavy atom. The molecule has 170 valence electrons. The molecule has 8 heteroatoms. The Balaban J connectivity index is 0.00000166. The van der Waals surface area contributed by atoms with E-state index in [1.165, 1.54) is 0 Å². The van der Waals surface area contributed by atoms with Crippen LogP contribution in [0.1, 0.15) is 46.6 Å². The summed E-state index contributed by atoms with van der Waals surface area (Å²) >= 11 is 6.57. The lowest BCUT2D eigenvalue weighted by Gasteiger charge is -2.23. The highest BCUT2D eigenvalue weighted by molar-refractivity contribution is 6.34. The average Bonchev–Trinajstić information content (AvgIpc) is 2.74. The smallest absolute Gasteiger partial charge is 0.412 e. The molecule has 0 saturated heterocycles. The highest BCUT2D eigenvalue weighted by Gasteiger charge is 2.23. The lowest BCUT2D eigenvalue weighted by atomic mass is 9.98. The van der Waals surface area contributed by atoms with Crippen molar-refractivity contribution in [1.29, 1.82) is 0 Å². The summed E-state index contributed by atoms with van der Waals surface area (Å²) in [5.74, 6) is 1.84. The van der Waals surface area contributed by atoms with E-state index in [4.69, 9.17) is 31.5 Å². The molecule has 0 radical (unpaired) electrons. The summed E-state index contributed by atoms with van der Waals surface area (Å²) < 4.78 is 16.7. The number of nitrogens with zero attached hydrogens (tertiary/aromatic N) is 1. The number of nitrogens with one attached hydrogen (secondary N) is 1. The largest absolute Gasteiger partial charge is 0.492 e. The number of halogens is 1. The molecule has 0 fully saturated rings. The van der Waals surface area contributed by atoms with Crippen LogP contribution in [-0.4, -0.2) is 30.3 Å². The second-order valence-corrected chi connectivity index (χ2v) is 7.62. The number of pyridine rings is 1. The SMILES string of the molecule is CC.CCOC(=O)Nc1cc2c(cn1)COc1c-2ccc(OCC(C)CC(C)N)c1Cl. The number of hydrogen-bond acceptors (Lipinski definition) is 6. The van der Waals surface area contributed by atoms with Gasteiger partial charge in [0.15, 0.2) is 0 Å². The lowest BCUT2D eigenvalue weighted by Crippen LogP contribution is -2.21. The average molecular weight is 450 g/mol. The van der Waals surface area contributed by atoms with Gasteiger partial charge < -0.3 is 19.9 Å². The minimum absolute atomic E-state index is 0.124. The molecule has 2 unspecified atom stereocenters. The molecular weight excluding hydrogens is 418 g/mol. The zero-order valence-electron chi connectivity index (χ0n) is 18.8. The third kappa shape index (κ3) is 6.48. The Labute approximate surface area is 189 Å². The summed E-state index contributed by atoms with van der Waals surface area (Å²) in [5, 5.41) is 3.05. The zero-order chi connectivity index (χ0) is 23.0. The van der Waals surface area contributed by atoms with E-state index in [0.717, 1.165) is 23.1 Å². The first-order valence-electron chi connectivity index (χ1n) is 10.7. The van der Waals surface area contributed by atoms with Crippen molar-refractivity contribution in [2.75, 3.05) is 18.5 Å². The van der Waals surface area contributed by atoms with Gasteiger partial charge in [-0.1, -0.05) is 32.4 Å². The number of anilines is 1. The summed E-state index contributed by atoms with van der Waals surface area (Å²) in [5.41, 5.74) is 8.47. The number of carbonyl (C=O) groups excluding carboxylic acids is 1. The number of carbonyl (C=O) groups is 1. The second kappa shape index (κ2) is 11.8. The van der Waals surface area contributed by atoms with Gasteiger partial charge in [0.1, 0.15) is 28.9 Å². The van der Waals surface area contributed by atoms with Gasteiger partial charge in [0.25, 0.3) is 0 Å². The first-order valence-corrected chi connectivity index (χ1v) is 11.0. The minimum Gasteiger partial charge on any atom is -0.492 e. The van der Waals surface area contributed by atoms with Crippen molar-refractivity contribution in [3.63, 3.8) is 0 Å². The van der Waals surface area contributed by atoms with Crippen LogP contribution in [0.2, 0.25) is 5.02 Å². The zero-order valence-corrected chi connectivity index (χ0v) is 19.6. The van der Waals surface area contributed by atoms with Crippen LogP contribution in [0.5, 0.6) is 11.5 Å². The van der Waals surface area contributed by atoms with Crippen LogP contribution in [0.4, 0.5) is 10.6 Å². The van der Waals surface area contributed by atoms with Crippen molar-refractivity contribution in [2.45, 2.75) is 53.7 Å². The van der Waals surface area contributed by atoms with Crippen molar-refractivity contribution in [3.8, 4) is 22.6 Å². The van der Waals surface area contributed by atoms with E-state index < -0.39 is 6.09 Å². The van der Waals surface area contributed by atoms with Crippen molar-refractivity contribution in [2.24, 2.45) is 11.7 Å². The number of hydrogen-bond donors (Lipinski definition) is 2. The molecular formula is C23H32ClN3O4. The molecule has 7 nitrogen and oxygen atoms in total. The fraction of sp³-hybridized carbons (Fsp3) is 0.478. The van der Waals surface area contributed by atoms with Gasteiger partial charge in [0.2, 0.25) is 0 Å². The molecule has 3 N–H and O–H groups in total. The first-order chi connectivity index (χ1) is 14.9. The lowest BCUT2D eigenvalue weighted by molar-refractivity contribution is 0.168. The molecule has 0 saturated carbocycles. The molecule has 2 atom stereocenters. The number of aromatic nitrogens is 1. The third-order valence-corrected chi connectivity index (χ3v) is 4.87. The van der Waals surface area contributed by atoms with E-state index >= 15 is 0 Å². The molecule has 1 aliphatic rings. The second-order valence-electron chi connectivity index (χ2n) is 7.24. The molecule has 1 aromatic carbocycles. The maximum atomic E-state index is 11.7. The number of amides is 1. The molecule has 1 aromatic heterocycles. The van der Waals surface area contributed by atoms with E-state index in [9.17, 15) is 4.79 Å². The summed E-state index contributed by atoms with van der Waals surface area (Å²) in [6.07, 6.45) is 2.00. The number of benzene rings is 1. The van der Waals surface area contributed by atoms with Gasteiger partial charge in [-0.3, -0.25) is 5.32 Å². The maximum absolute atomic E-state index is 11.7. The van der Waals surface area contributed by atoms with E-state index in [0.29, 0.717) is 41.5 Å². The molecule has 0 spiro atoms. The maximum Gasteiger partial charge on any atom is 0.412 e. The summed E-state index contributed by atoms with van der Waals surface area (Å²) in [4.78, 5) is 15.9. The molecule has 0 bridgehead atoms. The fourth-order valence-electron chi connectivity index (χ4n) is 3.28. The van der Waals surface area contributed by atoms with Gasteiger partial charge in [0.05, 0.1) is 13.2 Å². The Bertz CT molecular complexity index is 889. The Morgan fingerprint density at radius 2 is 2.06 bits per heavy atom. The van der Waals surface area contributed by atoms with Gasteiger partial charge in [0, 0.05) is 23.4 Å². The van der Waals surface area contributed by atoms with Crippen molar-refractivity contribution < 1.29 is 19.0 Å². The van der Waals surface area contributed by atoms with Crippen LogP contribution in [0.25, 0.3) is 11.1 Å². The molecule has 2 aromatic rings. The summed E-state index contributed by atoms with van der Waals surface area (Å²) in [7, 11) is 0. The van der Waals surface area contributed by atoms with Crippen LogP contribution in [0.15, 0.2) is 24.4 Å². The number of rotatable bonds is 7. The van der Waals surface area contributed by atoms with E-state index in [1.807, 2.05) is 32.9 Å². The van der Waals surface area contributed by atoms with E-state index in [1.54, 1.807) is 19.2 Å². The van der Waals surface area contributed by atoms with Crippen LogP contribution in [0, 0.1) is 5.92 Å². The first kappa shape index (κ1) is 24.8. The highest BCUT2D eigenvalue weighted by atomic mass is 35.5. The monoisotopic (exact) mass is 449 g/mol. The number of nitrogens with two attached hydrogens (primary N) is 1. The van der Waals surface area contributed by atoms with Gasteiger partial charge >= 0.3 is 6.09 Å². The fourth-order valence-corrected chi connectivity index (χ4v) is 3.55. The van der Waals surface area contributed by atoms with Gasteiger partial charge in [-0.25, -0.2) is 9.78 Å². The molecule has 3 rings (SSSR count). The van der Waals surface area contributed by atoms with Crippen molar-refractivity contribution in [1.82, 2.24) is 4.98 Å². The molecule has 2 heterocycles. The van der Waals surface area contributed by atoms with Gasteiger partial charge in [-0.05, 0) is 49.9 Å². The Kier molecular flexibility index (Phi) is 9.40. The van der Waals surface area contributed by atoms with Crippen molar-refractivity contribution >= 4 is 23.5 Å². The standard InChI is InChI=1S/C21H26ClN3O4.C2H6/c1-4-27-21(26)25-18-8-16-14(9-24-18)11-29-20-15(16)5-6-17(19(20)22)28-10-12(2)7-13(3)23;1-2/h5-6,8-9,12-13H,4,7,10-11,23H2,1-3H3,(H,24,25,26);1-2H3. The highest BCUT2D eigenvalue weighted by Crippen LogP contribution is 2.46. The Morgan fingerprint density at radius 3 is 2.74 bits per heavy atom. The molecule has 1 amide bonds. The van der Waals surface area contributed by atoms with Crippen LogP contribution in [0.3, 0.4) is 0 Å². The van der Waals surface area contributed by atoms with E-state index in [2.05, 4.69) is 17.2 Å². The normalized spacial score (nSPS) is 13.4. The molecule has 1 aliphatic heterocycles. The van der Waals surface area contributed by atoms with Gasteiger partial charge in [-0.15, -0.1) is 0 Å². The predicted molar refractivity (Wildman–Crippen MR) is 124 cm³/mol. The van der Waals surface area contributed by atoms with Crippen LogP contribution < -0.4 is 20.5 Å². The molecule has 0 aliphatic carbocycles. The predicted octanol–water partition coefficient (Wildman–Crippen LogP) is 5.64. The number of fused-ring (bicyclic) bond motifs is 3. The van der Waals surface area contributed by atoms with Gasteiger partial charge in [-0.2, -0.15) is 0 Å². The minimum atomic E-state index is -0.546. The summed E-state index contributed by atoms with van der Waals surface area (Å²) in [6.45, 7) is 11.0. The third-order valence-electron chi connectivity index (χ3n) is 4.51. The van der Waals surface area contributed by atoms with Crippen LogP contribution in [-0.2, 0) is 11.3 Å². The van der Waals surface area contributed by atoms with Crippen LogP contribution >= 0.6 is 11.6 Å². The summed E-state index contributed by atoms with van der Waals surface area (Å²) in [6, 6.07) is 5.64. The Hall–Kier alpha value is -2.51.